The first-order valence-corrected chi connectivity index (χ1v) is 16.8. The number of nitrogens with zero attached hydrogens (tertiary/aromatic N) is 2. The van der Waals surface area contributed by atoms with Gasteiger partial charge in [-0.3, -0.25) is 9.59 Å². The van der Waals surface area contributed by atoms with Crippen molar-refractivity contribution < 1.29 is 33.4 Å². The first-order valence-electron chi connectivity index (χ1n) is 13.9. The molecular formula is C29H47N3O7Si. The lowest BCUT2D eigenvalue weighted by atomic mass is 9.82. The van der Waals surface area contributed by atoms with E-state index in [-0.39, 0.29) is 53.3 Å². The van der Waals surface area contributed by atoms with Crippen LogP contribution in [0, 0.1) is 5.92 Å². The number of amides is 3. The zero-order chi connectivity index (χ0) is 30.6. The third-order valence-electron chi connectivity index (χ3n) is 8.36. The van der Waals surface area contributed by atoms with E-state index < -0.39 is 20.4 Å². The highest BCUT2D eigenvalue weighted by molar-refractivity contribution is 6.74. The molecule has 0 aromatic heterocycles. The highest BCUT2D eigenvalue weighted by atomic mass is 28.4. The molecule has 0 spiro atoms. The van der Waals surface area contributed by atoms with Gasteiger partial charge in [-0.2, -0.15) is 0 Å². The number of nitrogens with one attached hydrogen (secondary N) is 1. The van der Waals surface area contributed by atoms with E-state index >= 15 is 0 Å². The number of β-lactam (4-membered cyclic amide) rings is 1. The van der Waals surface area contributed by atoms with Crippen LogP contribution in [0.3, 0.4) is 0 Å². The minimum atomic E-state index is -2.06. The summed E-state index contributed by atoms with van der Waals surface area (Å²) in [4.78, 5) is 50.6. The van der Waals surface area contributed by atoms with Crippen LogP contribution < -0.4 is 5.32 Å². The fourth-order valence-corrected chi connectivity index (χ4v) is 6.70. The normalized spacial score (nSPS) is 23.6. The summed E-state index contributed by atoms with van der Waals surface area (Å²) in [6.07, 6.45) is 5.16. The SMILES string of the molecule is C=CCOC(=O)NC.CC(=O)N1CCC[C@H]1C=C(C)C1=C(C(=O)O)N2C(=O)[C@H]([C@@H](C)O[Si](C)(C)C(C)(C)C)[C@H]2C1. The molecule has 40 heavy (non-hydrogen) atoms. The maximum atomic E-state index is 13.1. The summed E-state index contributed by atoms with van der Waals surface area (Å²) in [6, 6.07) is -0.199. The summed E-state index contributed by atoms with van der Waals surface area (Å²) in [5, 5.41) is 12.2. The summed E-state index contributed by atoms with van der Waals surface area (Å²) in [5.41, 5.74) is 1.64. The molecule has 0 unspecified atom stereocenters. The van der Waals surface area contributed by atoms with E-state index in [0.717, 1.165) is 25.0 Å². The van der Waals surface area contributed by atoms with Gasteiger partial charge in [-0.1, -0.05) is 39.5 Å². The highest BCUT2D eigenvalue weighted by Crippen LogP contribution is 2.48. The predicted octanol–water partition coefficient (Wildman–Crippen LogP) is 4.45. The second kappa shape index (κ2) is 13.2. The molecule has 4 atom stereocenters. The van der Waals surface area contributed by atoms with Crippen molar-refractivity contribution >= 4 is 32.2 Å². The van der Waals surface area contributed by atoms with Crippen LogP contribution >= 0.6 is 0 Å². The van der Waals surface area contributed by atoms with E-state index in [1.54, 1.807) is 6.92 Å². The molecule has 3 aliphatic heterocycles. The zero-order valence-electron chi connectivity index (χ0n) is 25.5. The molecule has 0 bridgehead atoms. The molecular weight excluding hydrogens is 530 g/mol. The predicted molar refractivity (Wildman–Crippen MR) is 156 cm³/mol. The summed E-state index contributed by atoms with van der Waals surface area (Å²) >= 11 is 0. The Labute approximate surface area is 239 Å². The third kappa shape index (κ3) is 7.23. The van der Waals surface area contributed by atoms with Crippen LogP contribution in [0.4, 0.5) is 4.79 Å². The monoisotopic (exact) mass is 577 g/mol. The molecule has 2 N–H and O–H groups in total. The van der Waals surface area contributed by atoms with Crippen molar-refractivity contribution in [2.45, 2.75) is 97.1 Å². The molecule has 11 heteroatoms. The summed E-state index contributed by atoms with van der Waals surface area (Å²) < 4.78 is 11.0. The maximum absolute atomic E-state index is 13.1. The number of fused-ring (bicyclic) bond motifs is 1. The number of carboxylic acids is 1. The number of allylic oxidation sites excluding steroid dienone is 1. The van der Waals surface area contributed by atoms with Gasteiger partial charge in [0.1, 0.15) is 12.3 Å². The summed E-state index contributed by atoms with van der Waals surface area (Å²) in [7, 11) is -0.552. The molecule has 0 radical (unpaired) electrons. The number of rotatable bonds is 8. The number of alkyl carbamates (subject to hydrolysis) is 1. The van der Waals surface area contributed by atoms with Gasteiger partial charge in [0.2, 0.25) is 11.8 Å². The van der Waals surface area contributed by atoms with E-state index in [2.05, 4.69) is 50.5 Å². The van der Waals surface area contributed by atoms with Gasteiger partial charge in [-0.25, -0.2) is 9.59 Å². The topological polar surface area (TPSA) is 125 Å². The molecule has 0 saturated carbocycles. The lowest BCUT2D eigenvalue weighted by Crippen LogP contribution is -2.63. The van der Waals surface area contributed by atoms with Crippen LogP contribution in [0.1, 0.15) is 60.8 Å². The van der Waals surface area contributed by atoms with Gasteiger partial charge in [0.05, 0.1) is 24.1 Å². The molecule has 3 amide bonds. The number of aliphatic carboxylic acids is 1. The summed E-state index contributed by atoms with van der Waals surface area (Å²) in [5.74, 6) is -1.53. The number of carbonyl (C=O) groups excluding carboxylic acids is 3. The van der Waals surface area contributed by atoms with Crippen LogP contribution in [0.2, 0.25) is 18.1 Å². The first-order chi connectivity index (χ1) is 18.5. The fraction of sp³-hybridized carbons (Fsp3) is 0.655. The second-order valence-corrected chi connectivity index (χ2v) is 16.9. The lowest BCUT2D eigenvalue weighted by molar-refractivity contribution is -0.160. The Kier molecular flexibility index (Phi) is 11.0. The fourth-order valence-electron chi connectivity index (χ4n) is 5.27. The van der Waals surface area contributed by atoms with Crippen molar-refractivity contribution in [3.8, 4) is 0 Å². The number of ether oxygens (including phenoxy) is 1. The number of hydrogen-bond donors (Lipinski definition) is 2. The third-order valence-corrected chi connectivity index (χ3v) is 12.9. The molecule has 0 aromatic rings. The van der Waals surface area contributed by atoms with Crippen LogP contribution in [0.15, 0.2) is 35.6 Å². The number of carbonyl (C=O) groups is 4. The van der Waals surface area contributed by atoms with Crippen molar-refractivity contribution in [3.63, 3.8) is 0 Å². The molecule has 10 nitrogen and oxygen atoms in total. The van der Waals surface area contributed by atoms with Crippen molar-refractivity contribution in [1.29, 1.82) is 0 Å². The van der Waals surface area contributed by atoms with E-state index in [1.165, 1.54) is 18.0 Å². The summed E-state index contributed by atoms with van der Waals surface area (Å²) in [6.45, 7) is 20.6. The molecule has 0 aromatic carbocycles. The van der Waals surface area contributed by atoms with E-state index in [4.69, 9.17) is 4.43 Å². The number of carboxylic acid groups (broad SMARTS) is 1. The number of likely N-dealkylation sites (tertiary alicyclic amines) is 1. The molecule has 3 heterocycles. The van der Waals surface area contributed by atoms with Crippen LogP contribution in [-0.4, -0.2) is 85.5 Å². The van der Waals surface area contributed by atoms with Crippen molar-refractivity contribution in [3.05, 3.63) is 35.6 Å². The Bertz CT molecular complexity index is 1080. The van der Waals surface area contributed by atoms with Gasteiger partial charge >= 0.3 is 12.1 Å². The van der Waals surface area contributed by atoms with Crippen molar-refractivity contribution in [1.82, 2.24) is 15.1 Å². The van der Waals surface area contributed by atoms with Gasteiger partial charge in [0, 0.05) is 20.5 Å². The standard InChI is InChI=1S/C24H38N2O5Si.C5H9NO2/c1-14(12-17-10-9-11-25(17)16(3)27)18-13-19-20(22(28)26(19)21(18)23(29)30)15(2)31-32(7,8)24(4,5)6;1-3-4-8-5(7)6-2/h12,15,17,19-20H,9-11,13H2,1-8H3,(H,29,30);3H,1,4H2,2H3,(H,6,7)/t15-,17+,19-,20-;/m1./s1. The van der Waals surface area contributed by atoms with E-state index in [0.29, 0.717) is 12.0 Å². The largest absolute Gasteiger partial charge is 0.477 e. The van der Waals surface area contributed by atoms with Gasteiger partial charge in [-0.05, 0) is 62.4 Å². The maximum Gasteiger partial charge on any atom is 0.407 e. The Morgan fingerprint density at radius 2 is 1.88 bits per heavy atom. The van der Waals surface area contributed by atoms with Crippen molar-refractivity contribution in [2.24, 2.45) is 5.92 Å². The van der Waals surface area contributed by atoms with Crippen LogP contribution in [0.25, 0.3) is 0 Å². The van der Waals surface area contributed by atoms with Gasteiger partial charge in [0.25, 0.3) is 0 Å². The van der Waals surface area contributed by atoms with E-state index in [9.17, 15) is 24.3 Å². The zero-order valence-corrected chi connectivity index (χ0v) is 26.5. The molecule has 224 valence electrons. The molecule has 2 saturated heterocycles. The lowest BCUT2D eigenvalue weighted by Gasteiger charge is -2.48. The minimum Gasteiger partial charge on any atom is -0.477 e. The van der Waals surface area contributed by atoms with Crippen molar-refractivity contribution in [2.75, 3.05) is 20.2 Å². The average molecular weight is 578 g/mol. The highest BCUT2D eigenvalue weighted by Gasteiger charge is 2.58. The minimum absolute atomic E-state index is 0.0179. The average Bonchev–Trinajstić information content (AvgIpc) is 3.44. The number of hydrogen-bond acceptors (Lipinski definition) is 6. The Hall–Kier alpha value is -2.92. The smallest absolute Gasteiger partial charge is 0.407 e. The van der Waals surface area contributed by atoms with E-state index in [1.807, 2.05) is 24.8 Å². The van der Waals surface area contributed by atoms with Crippen LogP contribution in [0.5, 0.6) is 0 Å². The van der Waals surface area contributed by atoms with Gasteiger partial charge < -0.3 is 29.4 Å². The quantitative estimate of drug-likeness (QED) is 0.248. The molecule has 3 aliphatic rings. The van der Waals surface area contributed by atoms with Gasteiger partial charge in [-0.15, -0.1) is 0 Å². The van der Waals surface area contributed by atoms with Crippen LogP contribution in [-0.2, 0) is 23.5 Å². The molecule has 2 fully saturated rings. The molecule has 0 aliphatic carbocycles. The second-order valence-electron chi connectivity index (χ2n) is 12.1. The Morgan fingerprint density at radius 1 is 1.25 bits per heavy atom. The van der Waals surface area contributed by atoms with Gasteiger partial charge in [0.15, 0.2) is 8.32 Å². The first kappa shape index (κ1) is 33.3. The Morgan fingerprint density at radius 3 is 2.38 bits per heavy atom. The Balaban J connectivity index is 0.000000611. The molecule has 3 rings (SSSR count).